The summed E-state index contributed by atoms with van der Waals surface area (Å²) in [6, 6.07) is 0. The van der Waals surface area contributed by atoms with Gasteiger partial charge in [-0.05, 0) is 24.9 Å². The van der Waals surface area contributed by atoms with Crippen molar-refractivity contribution in [3.63, 3.8) is 0 Å². The fourth-order valence-corrected chi connectivity index (χ4v) is 1.62. The maximum absolute atomic E-state index is 11.2. The van der Waals surface area contributed by atoms with Crippen molar-refractivity contribution in [2.24, 2.45) is 5.92 Å². The standard InChI is InChI=1S/C9H16O4S/c1-3-13-9(12)7(8(10)11)5-6-14-4-2/h7H,3-6H2,1-2H3,(H,10,11). The molecule has 0 saturated heterocycles. The van der Waals surface area contributed by atoms with Crippen LogP contribution in [-0.4, -0.2) is 35.2 Å². The number of hydrogen-bond acceptors (Lipinski definition) is 4. The molecule has 0 saturated carbocycles. The highest BCUT2D eigenvalue weighted by atomic mass is 32.2. The van der Waals surface area contributed by atoms with E-state index in [-0.39, 0.29) is 6.61 Å². The van der Waals surface area contributed by atoms with Gasteiger partial charge in [0.1, 0.15) is 0 Å². The van der Waals surface area contributed by atoms with Crippen molar-refractivity contribution in [2.45, 2.75) is 20.3 Å². The third-order valence-electron chi connectivity index (χ3n) is 1.62. The normalized spacial score (nSPS) is 12.1. The van der Waals surface area contributed by atoms with Crippen LogP contribution in [0.3, 0.4) is 0 Å². The van der Waals surface area contributed by atoms with Crippen molar-refractivity contribution >= 4 is 23.7 Å². The molecule has 5 heteroatoms. The summed E-state index contributed by atoms with van der Waals surface area (Å²) < 4.78 is 4.67. The number of carboxylic acid groups (broad SMARTS) is 1. The molecule has 0 fully saturated rings. The van der Waals surface area contributed by atoms with Gasteiger partial charge in [-0.1, -0.05) is 6.92 Å². The molecule has 1 unspecified atom stereocenters. The van der Waals surface area contributed by atoms with Gasteiger partial charge in [0.25, 0.3) is 0 Å². The first-order valence-electron chi connectivity index (χ1n) is 4.60. The highest BCUT2D eigenvalue weighted by Crippen LogP contribution is 2.11. The number of ether oxygens (including phenoxy) is 1. The topological polar surface area (TPSA) is 63.6 Å². The molecule has 0 aliphatic rings. The molecular formula is C9H16O4S. The van der Waals surface area contributed by atoms with Crippen LogP contribution in [0.4, 0.5) is 0 Å². The van der Waals surface area contributed by atoms with E-state index in [2.05, 4.69) is 4.74 Å². The quantitative estimate of drug-likeness (QED) is 0.399. The molecule has 0 amide bonds. The average Bonchev–Trinajstić information content (AvgIpc) is 2.12. The Kier molecular flexibility index (Phi) is 7.28. The van der Waals surface area contributed by atoms with Crippen LogP contribution in [0.25, 0.3) is 0 Å². The van der Waals surface area contributed by atoms with Crippen LogP contribution in [0.5, 0.6) is 0 Å². The van der Waals surface area contributed by atoms with Gasteiger partial charge in [-0.2, -0.15) is 11.8 Å². The zero-order chi connectivity index (χ0) is 11.0. The number of hydrogen-bond donors (Lipinski definition) is 1. The summed E-state index contributed by atoms with van der Waals surface area (Å²) in [6.45, 7) is 3.88. The lowest BCUT2D eigenvalue weighted by molar-refractivity contribution is -0.158. The second kappa shape index (κ2) is 7.67. The fourth-order valence-electron chi connectivity index (χ4n) is 0.931. The molecule has 0 aromatic carbocycles. The van der Waals surface area contributed by atoms with Gasteiger partial charge in [0.2, 0.25) is 0 Å². The molecule has 0 aromatic heterocycles. The molecular weight excluding hydrogens is 204 g/mol. The minimum Gasteiger partial charge on any atom is -0.481 e. The first-order valence-corrected chi connectivity index (χ1v) is 5.76. The smallest absolute Gasteiger partial charge is 0.320 e. The lowest BCUT2D eigenvalue weighted by Crippen LogP contribution is -2.26. The van der Waals surface area contributed by atoms with E-state index >= 15 is 0 Å². The molecule has 1 atom stereocenters. The lowest BCUT2D eigenvalue weighted by Gasteiger charge is -2.10. The zero-order valence-electron chi connectivity index (χ0n) is 8.49. The lowest BCUT2D eigenvalue weighted by atomic mass is 10.1. The Hall–Kier alpha value is -0.710. The molecule has 0 aromatic rings. The van der Waals surface area contributed by atoms with E-state index < -0.39 is 17.9 Å². The van der Waals surface area contributed by atoms with Gasteiger partial charge in [0.15, 0.2) is 5.92 Å². The summed E-state index contributed by atoms with van der Waals surface area (Å²) in [7, 11) is 0. The molecule has 0 rings (SSSR count). The van der Waals surface area contributed by atoms with E-state index in [9.17, 15) is 9.59 Å². The summed E-state index contributed by atoms with van der Waals surface area (Å²) in [5.74, 6) is -1.13. The number of carbonyl (C=O) groups excluding carboxylic acids is 1. The molecule has 0 radical (unpaired) electrons. The number of esters is 1. The Bertz CT molecular complexity index is 193. The predicted octanol–water partition coefficient (Wildman–Crippen LogP) is 1.39. The molecule has 14 heavy (non-hydrogen) atoms. The summed E-state index contributed by atoms with van der Waals surface area (Å²) in [5.41, 5.74) is 0. The highest BCUT2D eigenvalue weighted by molar-refractivity contribution is 7.99. The zero-order valence-corrected chi connectivity index (χ0v) is 9.30. The first kappa shape index (κ1) is 13.3. The van der Waals surface area contributed by atoms with Crippen molar-refractivity contribution in [2.75, 3.05) is 18.1 Å². The van der Waals surface area contributed by atoms with E-state index in [1.54, 1.807) is 18.7 Å². The van der Waals surface area contributed by atoms with Crippen molar-refractivity contribution in [1.82, 2.24) is 0 Å². The number of rotatable bonds is 7. The average molecular weight is 220 g/mol. The third kappa shape index (κ3) is 5.11. The number of aliphatic carboxylic acids is 1. The van der Waals surface area contributed by atoms with Gasteiger partial charge in [-0.15, -0.1) is 0 Å². The predicted molar refractivity (Wildman–Crippen MR) is 55.4 cm³/mol. The Morgan fingerprint density at radius 1 is 1.43 bits per heavy atom. The fraction of sp³-hybridized carbons (Fsp3) is 0.778. The van der Waals surface area contributed by atoms with E-state index in [1.165, 1.54) is 0 Å². The second-order valence-electron chi connectivity index (χ2n) is 2.63. The molecule has 0 bridgehead atoms. The van der Waals surface area contributed by atoms with Crippen LogP contribution in [0.15, 0.2) is 0 Å². The van der Waals surface area contributed by atoms with Gasteiger partial charge in [0.05, 0.1) is 6.61 Å². The Morgan fingerprint density at radius 3 is 2.50 bits per heavy atom. The minimum absolute atomic E-state index is 0.226. The van der Waals surface area contributed by atoms with Crippen molar-refractivity contribution < 1.29 is 19.4 Å². The first-order chi connectivity index (χ1) is 6.63. The molecule has 0 aliphatic carbocycles. The largest absolute Gasteiger partial charge is 0.481 e. The number of carbonyl (C=O) groups is 2. The van der Waals surface area contributed by atoms with E-state index in [1.807, 2.05) is 6.92 Å². The molecule has 0 spiro atoms. The van der Waals surface area contributed by atoms with E-state index in [0.29, 0.717) is 12.2 Å². The van der Waals surface area contributed by atoms with E-state index in [0.717, 1.165) is 5.75 Å². The minimum atomic E-state index is -1.10. The third-order valence-corrected chi connectivity index (χ3v) is 2.56. The van der Waals surface area contributed by atoms with Crippen LogP contribution in [0.1, 0.15) is 20.3 Å². The Balaban J connectivity index is 4.01. The van der Waals surface area contributed by atoms with Crippen molar-refractivity contribution in [3.05, 3.63) is 0 Å². The van der Waals surface area contributed by atoms with Crippen LogP contribution >= 0.6 is 11.8 Å². The van der Waals surface area contributed by atoms with Gasteiger partial charge in [-0.3, -0.25) is 9.59 Å². The van der Waals surface area contributed by atoms with Crippen LogP contribution < -0.4 is 0 Å². The van der Waals surface area contributed by atoms with Gasteiger partial charge in [0, 0.05) is 0 Å². The van der Waals surface area contributed by atoms with Gasteiger partial charge in [-0.25, -0.2) is 0 Å². The summed E-state index contributed by atoms with van der Waals surface area (Å²) >= 11 is 1.62. The molecule has 82 valence electrons. The molecule has 0 heterocycles. The van der Waals surface area contributed by atoms with Crippen LogP contribution in [0, 0.1) is 5.92 Å². The molecule has 0 aliphatic heterocycles. The summed E-state index contributed by atoms with van der Waals surface area (Å²) in [6.07, 6.45) is 0.340. The van der Waals surface area contributed by atoms with Gasteiger partial charge < -0.3 is 9.84 Å². The van der Waals surface area contributed by atoms with Crippen LogP contribution in [-0.2, 0) is 14.3 Å². The van der Waals surface area contributed by atoms with Crippen LogP contribution in [0.2, 0.25) is 0 Å². The molecule has 4 nitrogen and oxygen atoms in total. The molecule has 1 N–H and O–H groups in total. The number of thioether (sulfide) groups is 1. The maximum Gasteiger partial charge on any atom is 0.320 e. The number of carboxylic acids is 1. The second-order valence-corrected chi connectivity index (χ2v) is 4.02. The highest BCUT2D eigenvalue weighted by Gasteiger charge is 2.26. The Labute approximate surface area is 88.0 Å². The van der Waals surface area contributed by atoms with E-state index in [4.69, 9.17) is 5.11 Å². The van der Waals surface area contributed by atoms with Crippen molar-refractivity contribution in [3.8, 4) is 0 Å². The van der Waals surface area contributed by atoms with Gasteiger partial charge >= 0.3 is 11.9 Å². The SMILES string of the molecule is CCOC(=O)C(CCSCC)C(=O)O. The Morgan fingerprint density at radius 2 is 2.07 bits per heavy atom. The maximum atomic E-state index is 11.2. The van der Waals surface area contributed by atoms with Crippen molar-refractivity contribution in [1.29, 1.82) is 0 Å². The summed E-state index contributed by atoms with van der Waals surface area (Å²) in [4.78, 5) is 21.9. The summed E-state index contributed by atoms with van der Waals surface area (Å²) in [5, 5.41) is 8.76. The monoisotopic (exact) mass is 220 g/mol.